The van der Waals surface area contributed by atoms with Gasteiger partial charge in [-0.3, -0.25) is 0 Å². The van der Waals surface area contributed by atoms with Crippen LogP contribution >= 0.6 is 15.9 Å². The predicted molar refractivity (Wildman–Crippen MR) is 103 cm³/mol. The number of hydrogen-bond acceptors (Lipinski definition) is 1. The summed E-state index contributed by atoms with van der Waals surface area (Å²) in [6.45, 7) is 15.9. The number of rotatable bonds is 6. The van der Waals surface area contributed by atoms with E-state index in [4.69, 9.17) is 4.43 Å². The molecule has 1 atom stereocenters. The van der Waals surface area contributed by atoms with E-state index in [1.807, 2.05) is 6.07 Å². The van der Waals surface area contributed by atoms with Crippen molar-refractivity contribution in [1.82, 2.24) is 0 Å². The van der Waals surface area contributed by atoms with Crippen molar-refractivity contribution in [3.63, 3.8) is 0 Å². The second-order valence-corrected chi connectivity index (χ2v) is 12.8. The van der Waals surface area contributed by atoms with Crippen LogP contribution in [0.5, 0.6) is 0 Å². The van der Waals surface area contributed by atoms with Crippen LogP contribution in [0.1, 0.15) is 54.0 Å². The van der Waals surface area contributed by atoms with Crippen LogP contribution in [-0.4, -0.2) is 8.32 Å². The van der Waals surface area contributed by atoms with E-state index in [1.165, 1.54) is 0 Å². The van der Waals surface area contributed by atoms with Crippen molar-refractivity contribution in [3.05, 3.63) is 35.9 Å². The van der Waals surface area contributed by atoms with Crippen molar-refractivity contribution in [3.8, 4) is 10.8 Å². The van der Waals surface area contributed by atoms with Crippen LogP contribution in [0, 0.1) is 10.8 Å². The first-order chi connectivity index (χ1) is 10.2. The minimum atomic E-state index is -2.01. The molecular formula is C19H29BrOSi. The highest BCUT2D eigenvalue weighted by atomic mass is 79.9. The third-order valence-corrected chi connectivity index (χ3v) is 11.1. The summed E-state index contributed by atoms with van der Waals surface area (Å²) in [5.74, 6) is 3.27. The van der Waals surface area contributed by atoms with E-state index in [0.717, 1.165) is 5.56 Å². The zero-order valence-electron chi connectivity index (χ0n) is 14.9. The fourth-order valence-electron chi connectivity index (χ4n) is 3.71. The molecule has 1 aromatic rings. The molecule has 0 radical (unpaired) electrons. The first-order valence-corrected chi connectivity index (χ1v) is 11.0. The van der Waals surface area contributed by atoms with Gasteiger partial charge in [0.05, 0.1) is 0 Å². The standard InChI is InChI=1S/C19H29BrOSi/c1-15(2)22(16(3)4,17(5)6)21-19(7,13-14-20)18-11-9-8-10-12-18/h8-12,15-17H,1-7H3. The van der Waals surface area contributed by atoms with Gasteiger partial charge in [0.25, 0.3) is 0 Å². The SMILES string of the molecule is CC(C)[Si](OC(C)(C#CBr)c1ccccc1)(C(C)C)C(C)C. The van der Waals surface area contributed by atoms with Crippen molar-refractivity contribution in [2.45, 2.75) is 70.7 Å². The van der Waals surface area contributed by atoms with Gasteiger partial charge in [-0.25, -0.2) is 0 Å². The summed E-state index contributed by atoms with van der Waals surface area (Å²) >= 11 is 3.28. The molecule has 0 fully saturated rings. The molecule has 0 bridgehead atoms. The minimum Gasteiger partial charge on any atom is -0.397 e. The summed E-state index contributed by atoms with van der Waals surface area (Å²) < 4.78 is 6.97. The van der Waals surface area contributed by atoms with Gasteiger partial charge in [-0.2, -0.15) is 0 Å². The quantitative estimate of drug-likeness (QED) is 0.406. The van der Waals surface area contributed by atoms with Gasteiger partial charge in [0.1, 0.15) is 5.60 Å². The molecule has 0 aliphatic carbocycles. The fourth-order valence-corrected chi connectivity index (χ4v) is 9.67. The van der Waals surface area contributed by atoms with Crippen LogP contribution in [0.25, 0.3) is 0 Å². The summed E-state index contributed by atoms with van der Waals surface area (Å²) in [7, 11) is -2.01. The zero-order chi connectivity index (χ0) is 17.0. The molecule has 1 unspecified atom stereocenters. The maximum absolute atomic E-state index is 6.97. The topological polar surface area (TPSA) is 9.23 Å². The molecule has 1 nitrogen and oxygen atoms in total. The second-order valence-electron chi connectivity index (χ2n) is 7.04. The number of hydrogen-bond donors (Lipinski definition) is 0. The maximum atomic E-state index is 6.97. The summed E-state index contributed by atoms with van der Waals surface area (Å²) in [5, 5.41) is 0. The average molecular weight is 381 g/mol. The largest absolute Gasteiger partial charge is 0.397 e. The molecule has 122 valence electrons. The van der Waals surface area contributed by atoms with Crippen LogP contribution in [0.3, 0.4) is 0 Å². The first-order valence-electron chi connectivity index (χ1n) is 8.09. The second kappa shape index (κ2) is 7.81. The van der Waals surface area contributed by atoms with Crippen LogP contribution in [0.15, 0.2) is 30.3 Å². The molecular weight excluding hydrogens is 352 g/mol. The Labute approximate surface area is 146 Å². The van der Waals surface area contributed by atoms with Crippen LogP contribution in [0.2, 0.25) is 16.6 Å². The zero-order valence-corrected chi connectivity index (χ0v) is 17.5. The van der Waals surface area contributed by atoms with Gasteiger partial charge in [-0.1, -0.05) is 77.8 Å². The summed E-state index contributed by atoms with van der Waals surface area (Å²) in [6.07, 6.45) is 0. The fraction of sp³-hybridized carbons (Fsp3) is 0.579. The van der Waals surface area contributed by atoms with Gasteiger partial charge in [-0.15, -0.1) is 0 Å². The highest BCUT2D eigenvalue weighted by Crippen LogP contribution is 2.46. The lowest BCUT2D eigenvalue weighted by molar-refractivity contribution is 0.125. The van der Waals surface area contributed by atoms with Gasteiger partial charge in [-0.05, 0) is 33.9 Å². The smallest absolute Gasteiger partial charge is 0.202 e. The van der Waals surface area contributed by atoms with Gasteiger partial charge < -0.3 is 4.43 Å². The summed E-state index contributed by atoms with van der Waals surface area (Å²) in [5.41, 5.74) is 2.16. The van der Waals surface area contributed by atoms with Crippen LogP contribution < -0.4 is 0 Å². The number of halogens is 1. The van der Waals surface area contributed by atoms with E-state index in [0.29, 0.717) is 16.6 Å². The molecule has 0 N–H and O–H groups in total. The molecule has 22 heavy (non-hydrogen) atoms. The van der Waals surface area contributed by atoms with E-state index in [-0.39, 0.29) is 0 Å². The predicted octanol–water partition coefficient (Wildman–Crippen LogP) is 6.45. The Morgan fingerprint density at radius 3 is 1.77 bits per heavy atom. The molecule has 0 spiro atoms. The monoisotopic (exact) mass is 380 g/mol. The third-order valence-electron chi connectivity index (χ3n) is 4.70. The average Bonchev–Trinajstić information content (AvgIpc) is 2.45. The van der Waals surface area contributed by atoms with Crippen molar-refractivity contribution in [1.29, 1.82) is 0 Å². The molecule has 0 saturated carbocycles. The van der Waals surface area contributed by atoms with Gasteiger partial charge >= 0.3 is 0 Å². The molecule has 1 rings (SSSR count). The molecule has 3 heteroatoms. The molecule has 0 saturated heterocycles. The van der Waals surface area contributed by atoms with Crippen LogP contribution in [-0.2, 0) is 10.0 Å². The molecule has 0 amide bonds. The Balaban J connectivity index is 3.41. The molecule has 0 aromatic heterocycles. The summed E-state index contributed by atoms with van der Waals surface area (Å²) in [4.78, 5) is 2.91. The summed E-state index contributed by atoms with van der Waals surface area (Å²) in [6, 6.07) is 10.4. The molecule has 1 aromatic carbocycles. The Bertz CT molecular complexity index is 506. The van der Waals surface area contributed by atoms with E-state index in [1.54, 1.807) is 0 Å². The Hall–Kier alpha value is -0.563. The highest BCUT2D eigenvalue weighted by molar-refractivity contribution is 9.12. The van der Waals surface area contributed by atoms with Gasteiger partial charge in [0.15, 0.2) is 0 Å². The van der Waals surface area contributed by atoms with Crippen molar-refractivity contribution in [2.75, 3.05) is 0 Å². The lowest BCUT2D eigenvalue weighted by Gasteiger charge is -2.47. The van der Waals surface area contributed by atoms with Crippen LogP contribution in [0.4, 0.5) is 0 Å². The molecule has 0 heterocycles. The lowest BCUT2D eigenvalue weighted by atomic mass is 9.97. The maximum Gasteiger partial charge on any atom is 0.202 e. The van der Waals surface area contributed by atoms with Gasteiger partial charge in [0, 0.05) is 15.9 Å². The minimum absolute atomic E-state index is 0.535. The van der Waals surface area contributed by atoms with E-state index in [2.05, 4.69) is 99.4 Å². The van der Waals surface area contributed by atoms with E-state index in [9.17, 15) is 0 Å². The Morgan fingerprint density at radius 2 is 1.41 bits per heavy atom. The lowest BCUT2D eigenvalue weighted by Crippen LogP contribution is -2.52. The Morgan fingerprint density at radius 1 is 0.955 bits per heavy atom. The normalized spacial score (nSPS) is 14.9. The molecule has 0 aliphatic heterocycles. The van der Waals surface area contributed by atoms with E-state index < -0.39 is 13.9 Å². The van der Waals surface area contributed by atoms with Crippen molar-refractivity contribution >= 4 is 24.2 Å². The number of benzene rings is 1. The van der Waals surface area contributed by atoms with Crippen molar-refractivity contribution < 1.29 is 4.43 Å². The van der Waals surface area contributed by atoms with E-state index >= 15 is 0 Å². The van der Waals surface area contributed by atoms with Gasteiger partial charge in [0.2, 0.25) is 8.32 Å². The highest BCUT2D eigenvalue weighted by Gasteiger charge is 2.49. The molecule has 0 aliphatic rings. The third kappa shape index (κ3) is 3.85. The first kappa shape index (κ1) is 19.5. The Kier molecular flexibility index (Phi) is 6.92. The van der Waals surface area contributed by atoms with Crippen molar-refractivity contribution in [2.24, 2.45) is 0 Å².